The maximum atomic E-state index is 13.6. The van der Waals surface area contributed by atoms with Gasteiger partial charge in [-0.1, -0.05) is 36.4 Å². The van der Waals surface area contributed by atoms with Crippen molar-refractivity contribution in [3.63, 3.8) is 0 Å². The van der Waals surface area contributed by atoms with Crippen LogP contribution >= 0.6 is 0 Å². The van der Waals surface area contributed by atoms with Crippen molar-refractivity contribution in [3.8, 4) is 17.3 Å². The van der Waals surface area contributed by atoms with Gasteiger partial charge in [-0.15, -0.1) is 0 Å². The Bertz CT molecular complexity index is 1420. The average Bonchev–Trinajstić information content (AvgIpc) is 2.92. The van der Waals surface area contributed by atoms with Crippen LogP contribution < -0.4 is 16.4 Å². The molecule has 1 amide bonds. The lowest BCUT2D eigenvalue weighted by atomic mass is 10.0. The Labute approximate surface area is 208 Å². The van der Waals surface area contributed by atoms with Gasteiger partial charge in [-0.3, -0.25) is 9.78 Å². The van der Waals surface area contributed by atoms with Gasteiger partial charge in [-0.2, -0.15) is 5.26 Å². The molecular formula is C28H25FN6O. The van der Waals surface area contributed by atoms with Crippen LogP contribution in [0.4, 0.5) is 10.2 Å². The van der Waals surface area contributed by atoms with Gasteiger partial charge in [0, 0.05) is 24.8 Å². The first-order valence-corrected chi connectivity index (χ1v) is 11.5. The molecule has 0 spiro atoms. The standard InChI is InChI=1S/C28H25FN6O/c29-22-8-3-5-19(15-22)12-14-33-27-24(28(36)34-18-26-21(17-31)7-4-13-32-26)10-11-25(35-27)23-9-2-1-6-20(23)16-30/h1-11,13,15H,12,14,17-18,31H2,(H,33,35)(H,34,36). The molecule has 4 N–H and O–H groups in total. The van der Waals surface area contributed by atoms with Crippen LogP contribution in [0.1, 0.15) is 32.7 Å². The van der Waals surface area contributed by atoms with E-state index < -0.39 is 0 Å². The summed E-state index contributed by atoms with van der Waals surface area (Å²) in [6.45, 7) is 0.964. The number of amides is 1. The van der Waals surface area contributed by atoms with E-state index in [1.807, 2.05) is 24.3 Å². The third kappa shape index (κ3) is 5.90. The van der Waals surface area contributed by atoms with Crippen LogP contribution in [0.2, 0.25) is 0 Å². The second kappa shape index (κ2) is 11.7. The molecule has 0 unspecified atom stereocenters. The van der Waals surface area contributed by atoms with E-state index in [0.29, 0.717) is 53.4 Å². The number of pyridine rings is 2. The fourth-order valence-corrected chi connectivity index (χ4v) is 3.82. The fourth-order valence-electron chi connectivity index (χ4n) is 3.82. The van der Waals surface area contributed by atoms with Crippen LogP contribution in [0.5, 0.6) is 0 Å². The smallest absolute Gasteiger partial charge is 0.255 e. The van der Waals surface area contributed by atoms with E-state index in [2.05, 4.69) is 26.7 Å². The number of nitriles is 1. The molecule has 2 aromatic heterocycles. The number of aromatic nitrogens is 2. The number of hydrogen-bond acceptors (Lipinski definition) is 6. The van der Waals surface area contributed by atoms with Gasteiger partial charge in [0.1, 0.15) is 11.6 Å². The first kappa shape index (κ1) is 24.5. The third-order valence-electron chi connectivity index (χ3n) is 5.68. The number of nitrogens with one attached hydrogen (secondary N) is 2. The molecule has 0 radical (unpaired) electrons. The molecule has 0 aliphatic carbocycles. The lowest BCUT2D eigenvalue weighted by Gasteiger charge is -2.14. The van der Waals surface area contributed by atoms with Crippen molar-refractivity contribution in [2.75, 3.05) is 11.9 Å². The number of rotatable bonds is 9. The maximum Gasteiger partial charge on any atom is 0.255 e. The molecule has 4 rings (SSSR count). The van der Waals surface area contributed by atoms with Crippen LogP contribution in [-0.2, 0) is 19.5 Å². The highest BCUT2D eigenvalue weighted by Crippen LogP contribution is 2.25. The Kier molecular flexibility index (Phi) is 7.96. The number of benzene rings is 2. The number of halogens is 1. The molecule has 0 fully saturated rings. The van der Waals surface area contributed by atoms with E-state index in [0.717, 1.165) is 11.1 Å². The zero-order valence-corrected chi connectivity index (χ0v) is 19.5. The second-order valence-corrected chi connectivity index (χ2v) is 8.05. The van der Waals surface area contributed by atoms with E-state index in [-0.39, 0.29) is 18.3 Å². The lowest BCUT2D eigenvalue weighted by Crippen LogP contribution is -2.26. The van der Waals surface area contributed by atoms with E-state index in [9.17, 15) is 14.4 Å². The summed E-state index contributed by atoms with van der Waals surface area (Å²) < 4.78 is 13.6. The monoisotopic (exact) mass is 480 g/mol. The molecule has 7 nitrogen and oxygen atoms in total. The zero-order chi connectivity index (χ0) is 25.3. The van der Waals surface area contributed by atoms with E-state index in [1.54, 1.807) is 42.6 Å². The summed E-state index contributed by atoms with van der Waals surface area (Å²) in [5.41, 5.74) is 10.2. The lowest BCUT2D eigenvalue weighted by molar-refractivity contribution is 0.0951. The summed E-state index contributed by atoms with van der Waals surface area (Å²) in [5.74, 6) is -0.258. The molecule has 0 aliphatic heterocycles. The number of anilines is 1. The minimum absolute atomic E-state index is 0.216. The minimum atomic E-state index is -0.329. The number of hydrogen-bond donors (Lipinski definition) is 3. The average molecular weight is 481 g/mol. The van der Waals surface area contributed by atoms with Crippen molar-refractivity contribution >= 4 is 11.7 Å². The highest BCUT2D eigenvalue weighted by atomic mass is 19.1. The molecule has 0 saturated carbocycles. The molecule has 2 heterocycles. The first-order chi connectivity index (χ1) is 17.6. The summed E-state index contributed by atoms with van der Waals surface area (Å²) in [5, 5.41) is 15.6. The van der Waals surface area contributed by atoms with Crippen molar-refractivity contribution < 1.29 is 9.18 Å². The zero-order valence-electron chi connectivity index (χ0n) is 19.5. The van der Waals surface area contributed by atoms with Gasteiger partial charge in [-0.05, 0) is 53.9 Å². The van der Waals surface area contributed by atoms with Crippen molar-refractivity contribution in [3.05, 3.63) is 113 Å². The first-order valence-electron chi connectivity index (χ1n) is 11.5. The molecule has 0 bridgehead atoms. The van der Waals surface area contributed by atoms with Gasteiger partial charge in [0.25, 0.3) is 5.91 Å². The Morgan fingerprint density at radius 1 is 1.06 bits per heavy atom. The van der Waals surface area contributed by atoms with Crippen LogP contribution in [0, 0.1) is 17.1 Å². The van der Waals surface area contributed by atoms with E-state index in [1.165, 1.54) is 12.1 Å². The van der Waals surface area contributed by atoms with Crippen molar-refractivity contribution in [1.82, 2.24) is 15.3 Å². The summed E-state index contributed by atoms with van der Waals surface area (Å²) >= 11 is 0. The Morgan fingerprint density at radius 2 is 1.92 bits per heavy atom. The third-order valence-corrected chi connectivity index (χ3v) is 5.68. The summed E-state index contributed by atoms with van der Waals surface area (Å²) in [6, 6.07) is 22.8. The molecule has 8 heteroatoms. The predicted octanol–water partition coefficient (Wildman–Crippen LogP) is 4.20. The SMILES string of the molecule is N#Cc1ccccc1-c1ccc(C(=O)NCc2ncccc2CN)c(NCCc2cccc(F)c2)n1. The minimum Gasteiger partial charge on any atom is -0.369 e. The van der Waals surface area contributed by atoms with Gasteiger partial charge >= 0.3 is 0 Å². The van der Waals surface area contributed by atoms with Crippen LogP contribution in [0.15, 0.2) is 79.0 Å². The Balaban J connectivity index is 1.59. The van der Waals surface area contributed by atoms with Gasteiger partial charge in [0.05, 0.1) is 35.1 Å². The maximum absolute atomic E-state index is 13.6. The second-order valence-electron chi connectivity index (χ2n) is 8.05. The van der Waals surface area contributed by atoms with Gasteiger partial charge in [-0.25, -0.2) is 9.37 Å². The van der Waals surface area contributed by atoms with Crippen LogP contribution in [0.3, 0.4) is 0 Å². The Hall–Kier alpha value is -4.61. The molecule has 180 valence electrons. The van der Waals surface area contributed by atoms with Gasteiger partial charge < -0.3 is 16.4 Å². The highest BCUT2D eigenvalue weighted by molar-refractivity contribution is 5.99. The highest BCUT2D eigenvalue weighted by Gasteiger charge is 2.16. The van der Waals surface area contributed by atoms with Crippen molar-refractivity contribution in [2.24, 2.45) is 5.73 Å². The molecule has 0 aliphatic rings. The van der Waals surface area contributed by atoms with Crippen LogP contribution in [-0.4, -0.2) is 22.4 Å². The van der Waals surface area contributed by atoms with E-state index in [4.69, 9.17) is 5.73 Å². The van der Waals surface area contributed by atoms with Crippen LogP contribution in [0.25, 0.3) is 11.3 Å². The quantitative estimate of drug-likeness (QED) is 0.331. The molecule has 36 heavy (non-hydrogen) atoms. The molecular weight excluding hydrogens is 455 g/mol. The molecule has 4 aromatic rings. The number of nitrogens with two attached hydrogens (primary N) is 1. The fraction of sp³-hybridized carbons (Fsp3) is 0.143. The number of carbonyl (C=O) groups excluding carboxylic acids is 1. The molecule has 2 aromatic carbocycles. The van der Waals surface area contributed by atoms with E-state index >= 15 is 0 Å². The largest absolute Gasteiger partial charge is 0.369 e. The number of nitrogens with zero attached hydrogens (tertiary/aromatic N) is 3. The summed E-state index contributed by atoms with van der Waals surface area (Å²) in [4.78, 5) is 22.1. The molecule has 0 saturated heterocycles. The Morgan fingerprint density at radius 3 is 2.72 bits per heavy atom. The van der Waals surface area contributed by atoms with Gasteiger partial charge in [0.15, 0.2) is 0 Å². The normalized spacial score (nSPS) is 10.5. The predicted molar refractivity (Wildman–Crippen MR) is 136 cm³/mol. The topological polar surface area (TPSA) is 117 Å². The van der Waals surface area contributed by atoms with Crippen molar-refractivity contribution in [2.45, 2.75) is 19.5 Å². The van der Waals surface area contributed by atoms with Crippen molar-refractivity contribution in [1.29, 1.82) is 5.26 Å². The molecule has 0 atom stereocenters. The number of carbonyl (C=O) groups is 1. The van der Waals surface area contributed by atoms with Gasteiger partial charge in [0.2, 0.25) is 0 Å². The summed E-state index contributed by atoms with van der Waals surface area (Å²) in [6.07, 6.45) is 2.19. The summed E-state index contributed by atoms with van der Waals surface area (Å²) in [7, 11) is 0.